The number of hydrogen-bond acceptors (Lipinski definition) is 3. The highest BCUT2D eigenvalue weighted by atomic mass is 16.5. The van der Waals surface area contributed by atoms with Crippen molar-refractivity contribution in [2.24, 2.45) is 5.73 Å². The van der Waals surface area contributed by atoms with Gasteiger partial charge in [-0.25, -0.2) is 0 Å². The van der Waals surface area contributed by atoms with Crippen molar-refractivity contribution in [3.8, 4) is 11.5 Å². The van der Waals surface area contributed by atoms with E-state index >= 15 is 0 Å². The number of nitrogens with one attached hydrogen (secondary N) is 1. The van der Waals surface area contributed by atoms with Crippen LogP contribution in [-0.2, 0) is 0 Å². The molecule has 0 fully saturated rings. The molecule has 0 aliphatic carbocycles. The number of nitrogens with two attached hydrogens (primary N) is 1. The Hall–Kier alpha value is -2.46. The Morgan fingerprint density at radius 1 is 1.13 bits per heavy atom. The number of H-pyrrole nitrogens is 1. The molecule has 1 heterocycles. The minimum absolute atomic E-state index is 0.107. The predicted molar refractivity (Wildman–Crippen MR) is 93.4 cm³/mol. The summed E-state index contributed by atoms with van der Waals surface area (Å²) in [6, 6.07) is 14.3. The topological polar surface area (TPSA) is 60.3 Å². The fourth-order valence-corrected chi connectivity index (χ4v) is 3.00. The van der Waals surface area contributed by atoms with Crippen LogP contribution >= 0.6 is 0 Å². The third-order valence-electron chi connectivity index (χ3n) is 4.12. The van der Waals surface area contributed by atoms with Crippen molar-refractivity contribution < 1.29 is 9.47 Å². The fraction of sp³-hybridized carbons (Fsp3) is 0.263. The summed E-state index contributed by atoms with van der Waals surface area (Å²) in [4.78, 5) is 3.32. The van der Waals surface area contributed by atoms with E-state index in [4.69, 9.17) is 15.2 Å². The Kier molecular flexibility index (Phi) is 4.53. The van der Waals surface area contributed by atoms with Crippen LogP contribution in [0.25, 0.3) is 10.9 Å². The summed E-state index contributed by atoms with van der Waals surface area (Å²) in [5.74, 6) is 1.60. The van der Waals surface area contributed by atoms with Crippen LogP contribution in [0.15, 0.2) is 48.7 Å². The van der Waals surface area contributed by atoms with E-state index in [9.17, 15) is 0 Å². The van der Waals surface area contributed by atoms with Crippen molar-refractivity contribution >= 4 is 10.9 Å². The van der Waals surface area contributed by atoms with Gasteiger partial charge in [-0.1, -0.05) is 24.3 Å². The summed E-state index contributed by atoms with van der Waals surface area (Å²) in [5.41, 5.74) is 9.54. The van der Waals surface area contributed by atoms with Gasteiger partial charge < -0.3 is 20.2 Å². The first kappa shape index (κ1) is 15.4. The zero-order valence-electron chi connectivity index (χ0n) is 13.5. The molecule has 0 unspecified atom stereocenters. The molecule has 2 aromatic carbocycles. The maximum absolute atomic E-state index is 6.09. The average Bonchev–Trinajstić information content (AvgIpc) is 3.01. The Morgan fingerprint density at radius 3 is 2.70 bits per heavy atom. The van der Waals surface area contributed by atoms with Crippen molar-refractivity contribution in [1.82, 2.24) is 4.98 Å². The monoisotopic (exact) mass is 310 g/mol. The highest BCUT2D eigenvalue weighted by Crippen LogP contribution is 2.35. The number of fused-ring (bicyclic) bond motifs is 1. The number of para-hydroxylation sites is 1. The zero-order chi connectivity index (χ0) is 16.2. The predicted octanol–water partition coefficient (Wildman–Crippen LogP) is 3.67. The van der Waals surface area contributed by atoms with E-state index in [1.165, 1.54) is 10.9 Å². The largest absolute Gasteiger partial charge is 0.493 e. The first-order valence-corrected chi connectivity index (χ1v) is 7.85. The molecule has 3 aromatic rings. The average molecular weight is 310 g/mol. The van der Waals surface area contributed by atoms with E-state index in [0.717, 1.165) is 22.6 Å². The van der Waals surface area contributed by atoms with Gasteiger partial charge in [0.05, 0.1) is 13.7 Å². The molecule has 23 heavy (non-hydrogen) atoms. The lowest BCUT2D eigenvalue weighted by atomic mass is 9.91. The Labute approximate surface area is 136 Å². The molecule has 0 bridgehead atoms. The number of ether oxygens (including phenoxy) is 2. The molecular formula is C19H22N2O2. The van der Waals surface area contributed by atoms with Gasteiger partial charge in [0.25, 0.3) is 0 Å². The van der Waals surface area contributed by atoms with Gasteiger partial charge >= 0.3 is 0 Å². The lowest BCUT2D eigenvalue weighted by Crippen LogP contribution is -2.13. The second-order valence-electron chi connectivity index (χ2n) is 5.42. The molecule has 0 aliphatic rings. The number of hydrogen-bond donors (Lipinski definition) is 2. The SMILES string of the molecule is CCOc1ccc([C@@H](CN)c2c[nH]c3ccccc23)cc1OC. The van der Waals surface area contributed by atoms with Crippen molar-refractivity contribution in [3.63, 3.8) is 0 Å². The molecule has 0 spiro atoms. The number of rotatable bonds is 6. The smallest absolute Gasteiger partial charge is 0.161 e. The Morgan fingerprint density at radius 2 is 1.96 bits per heavy atom. The van der Waals surface area contributed by atoms with E-state index in [-0.39, 0.29) is 5.92 Å². The van der Waals surface area contributed by atoms with E-state index < -0.39 is 0 Å². The summed E-state index contributed by atoms with van der Waals surface area (Å²) < 4.78 is 11.1. The van der Waals surface area contributed by atoms with Gasteiger partial charge in [-0.15, -0.1) is 0 Å². The Balaban J connectivity index is 2.04. The summed E-state index contributed by atoms with van der Waals surface area (Å²) in [6.07, 6.45) is 2.05. The minimum Gasteiger partial charge on any atom is -0.493 e. The van der Waals surface area contributed by atoms with Crippen LogP contribution in [0, 0.1) is 0 Å². The number of benzene rings is 2. The van der Waals surface area contributed by atoms with Crippen molar-refractivity contribution in [2.45, 2.75) is 12.8 Å². The van der Waals surface area contributed by atoms with Crippen LogP contribution < -0.4 is 15.2 Å². The first-order chi connectivity index (χ1) is 11.3. The van der Waals surface area contributed by atoms with Crippen LogP contribution in [-0.4, -0.2) is 25.2 Å². The van der Waals surface area contributed by atoms with Crippen LogP contribution in [0.3, 0.4) is 0 Å². The third kappa shape index (κ3) is 2.90. The van der Waals surface area contributed by atoms with Crippen LogP contribution in [0.4, 0.5) is 0 Å². The molecular weight excluding hydrogens is 288 g/mol. The van der Waals surface area contributed by atoms with Gasteiger partial charge in [0.1, 0.15) is 0 Å². The lowest BCUT2D eigenvalue weighted by Gasteiger charge is -2.17. The molecule has 4 heteroatoms. The quantitative estimate of drug-likeness (QED) is 0.730. The van der Waals surface area contributed by atoms with Gasteiger partial charge in [-0.05, 0) is 36.2 Å². The Bertz CT molecular complexity index is 795. The summed E-state index contributed by atoms with van der Waals surface area (Å²) >= 11 is 0. The molecule has 4 nitrogen and oxygen atoms in total. The molecule has 0 aliphatic heterocycles. The minimum atomic E-state index is 0.107. The molecule has 3 N–H and O–H groups in total. The van der Waals surface area contributed by atoms with Crippen molar-refractivity contribution in [3.05, 3.63) is 59.8 Å². The molecule has 0 saturated heterocycles. The molecule has 0 radical (unpaired) electrons. The standard InChI is InChI=1S/C19H22N2O2/c1-3-23-18-9-8-13(10-19(18)22-2)15(11-20)16-12-21-17-7-5-4-6-14(16)17/h4-10,12,15,21H,3,11,20H2,1-2H3/t15-/m1/s1. The molecule has 1 atom stereocenters. The summed E-state index contributed by atoms with van der Waals surface area (Å²) in [5, 5.41) is 1.20. The van der Waals surface area contributed by atoms with E-state index in [1.54, 1.807) is 7.11 Å². The fourth-order valence-electron chi connectivity index (χ4n) is 3.00. The highest BCUT2D eigenvalue weighted by Gasteiger charge is 2.18. The van der Waals surface area contributed by atoms with Crippen LogP contribution in [0.2, 0.25) is 0 Å². The zero-order valence-corrected chi connectivity index (χ0v) is 13.5. The maximum atomic E-state index is 6.09. The van der Waals surface area contributed by atoms with Gasteiger partial charge in [-0.3, -0.25) is 0 Å². The number of aromatic nitrogens is 1. The molecule has 120 valence electrons. The third-order valence-corrected chi connectivity index (χ3v) is 4.12. The highest BCUT2D eigenvalue weighted by molar-refractivity contribution is 5.84. The summed E-state index contributed by atoms with van der Waals surface area (Å²) in [6.45, 7) is 3.10. The van der Waals surface area contributed by atoms with E-state index in [1.807, 2.05) is 37.4 Å². The second kappa shape index (κ2) is 6.75. The van der Waals surface area contributed by atoms with Gasteiger partial charge in [0, 0.05) is 29.6 Å². The maximum Gasteiger partial charge on any atom is 0.161 e. The molecule has 3 rings (SSSR count). The van der Waals surface area contributed by atoms with Crippen molar-refractivity contribution in [2.75, 3.05) is 20.3 Å². The van der Waals surface area contributed by atoms with Crippen LogP contribution in [0.5, 0.6) is 11.5 Å². The lowest BCUT2D eigenvalue weighted by molar-refractivity contribution is 0.310. The molecule has 0 saturated carbocycles. The van der Waals surface area contributed by atoms with Crippen molar-refractivity contribution in [1.29, 1.82) is 0 Å². The molecule has 1 aromatic heterocycles. The van der Waals surface area contributed by atoms with Gasteiger partial charge in [0.15, 0.2) is 11.5 Å². The normalized spacial score (nSPS) is 12.3. The molecule has 0 amide bonds. The summed E-state index contributed by atoms with van der Waals surface area (Å²) in [7, 11) is 1.66. The van der Waals surface area contributed by atoms with Gasteiger partial charge in [-0.2, -0.15) is 0 Å². The first-order valence-electron chi connectivity index (χ1n) is 7.85. The number of methoxy groups -OCH3 is 1. The van der Waals surface area contributed by atoms with E-state index in [2.05, 4.69) is 23.2 Å². The van der Waals surface area contributed by atoms with E-state index in [0.29, 0.717) is 13.2 Å². The number of aromatic amines is 1. The van der Waals surface area contributed by atoms with Crippen LogP contribution in [0.1, 0.15) is 24.0 Å². The van der Waals surface area contributed by atoms with Gasteiger partial charge in [0.2, 0.25) is 0 Å². The second-order valence-corrected chi connectivity index (χ2v) is 5.42.